The maximum atomic E-state index is 12.8. The molecule has 0 amide bonds. The average molecular weight is 435 g/mol. The summed E-state index contributed by atoms with van der Waals surface area (Å²) in [4.78, 5) is 57.5. The van der Waals surface area contributed by atoms with Gasteiger partial charge in [0.25, 0.3) is 22.7 Å². The molecule has 162 valence electrons. The Morgan fingerprint density at radius 2 is 1.42 bits per heavy atom. The van der Waals surface area contributed by atoms with Gasteiger partial charge < -0.3 is 4.74 Å². The number of nitrogens with zero attached hydrogens (tertiary/aromatic N) is 5. The van der Waals surface area contributed by atoms with Gasteiger partial charge >= 0.3 is 5.97 Å². The largest absolute Gasteiger partial charge is 0.462 e. The van der Waals surface area contributed by atoms with E-state index in [1.54, 1.807) is 0 Å². The lowest BCUT2D eigenvalue weighted by molar-refractivity contribution is -0.395. The Morgan fingerprint density at radius 1 is 0.871 bits per heavy atom. The summed E-state index contributed by atoms with van der Waals surface area (Å²) < 4.78 is 5.05. The molecule has 0 spiro atoms. The summed E-state index contributed by atoms with van der Waals surface area (Å²) in [7, 11) is 0. The van der Waals surface area contributed by atoms with Crippen molar-refractivity contribution < 1.29 is 29.2 Å². The first kappa shape index (κ1) is 22.7. The number of carbonyl (C=O) groups excluding carboxylic acids is 1. The Balaban J connectivity index is 2.84. The number of aromatic nitrogens is 1. The number of esters is 1. The van der Waals surface area contributed by atoms with Crippen LogP contribution in [0.25, 0.3) is 0 Å². The van der Waals surface area contributed by atoms with Crippen LogP contribution in [-0.2, 0) is 9.53 Å². The van der Waals surface area contributed by atoms with Gasteiger partial charge in [-0.25, -0.2) is 4.98 Å². The molecule has 15 nitrogen and oxygen atoms in total. The molecule has 31 heavy (non-hydrogen) atoms. The lowest BCUT2D eigenvalue weighted by atomic mass is 9.92. The topological polar surface area (TPSA) is 212 Å². The van der Waals surface area contributed by atoms with E-state index in [0.717, 1.165) is 12.1 Å². The lowest BCUT2D eigenvalue weighted by Crippen LogP contribution is -2.23. The molecule has 2 rings (SSSR count). The molecule has 1 aromatic carbocycles. The van der Waals surface area contributed by atoms with Gasteiger partial charge in [-0.15, -0.1) is 0 Å². The van der Waals surface area contributed by atoms with Gasteiger partial charge in [-0.3, -0.25) is 45.3 Å². The van der Waals surface area contributed by atoms with Crippen LogP contribution in [0.5, 0.6) is 0 Å². The minimum atomic E-state index is -1.86. The van der Waals surface area contributed by atoms with E-state index in [2.05, 4.69) is 4.98 Å². The highest BCUT2D eigenvalue weighted by molar-refractivity contribution is 5.85. The Bertz CT molecular complexity index is 1020. The van der Waals surface area contributed by atoms with Gasteiger partial charge in [0.1, 0.15) is 17.8 Å². The van der Waals surface area contributed by atoms with Crippen LogP contribution in [0.4, 0.5) is 22.7 Å². The van der Waals surface area contributed by atoms with Crippen molar-refractivity contribution in [2.75, 3.05) is 0 Å². The summed E-state index contributed by atoms with van der Waals surface area (Å²) in [6, 6.07) is 2.89. The molecule has 0 aliphatic rings. The molecule has 0 saturated heterocycles. The zero-order valence-electron chi connectivity index (χ0n) is 15.9. The van der Waals surface area contributed by atoms with Crippen molar-refractivity contribution in [2.45, 2.75) is 25.9 Å². The minimum absolute atomic E-state index is 0.467. The van der Waals surface area contributed by atoms with Gasteiger partial charge in [0.2, 0.25) is 0 Å². The SMILES string of the molecule is CC(C)OC(=O)C(c1ccc([N+](=O)[O-])cc1[N+](=O)[O-])c1ncc([N+](=O)[O-])cc1[N+](=O)[O-]. The summed E-state index contributed by atoms with van der Waals surface area (Å²) in [5.74, 6) is -3.03. The highest BCUT2D eigenvalue weighted by Crippen LogP contribution is 2.38. The van der Waals surface area contributed by atoms with Gasteiger partial charge in [-0.2, -0.15) is 0 Å². The van der Waals surface area contributed by atoms with Crippen molar-refractivity contribution in [3.8, 4) is 0 Å². The third kappa shape index (κ3) is 4.89. The molecule has 0 radical (unpaired) electrons. The standard InChI is InChI=1S/C16H13N5O10/c1-8(2)31-16(22)14(11-4-3-9(18(23)24)5-12(11)20(27)28)15-13(21(29)30)6-10(7-17-15)19(25)26/h3-8,14H,1-2H3. The zero-order chi connectivity index (χ0) is 23.5. The number of ether oxygens (including phenoxy) is 1. The average Bonchev–Trinajstić information content (AvgIpc) is 2.67. The second-order valence-corrected chi connectivity index (χ2v) is 6.29. The maximum absolute atomic E-state index is 12.8. The van der Waals surface area contributed by atoms with E-state index in [4.69, 9.17) is 4.74 Å². The van der Waals surface area contributed by atoms with Crippen LogP contribution in [0.2, 0.25) is 0 Å². The molecule has 0 bridgehead atoms. The van der Waals surface area contributed by atoms with Crippen molar-refractivity contribution >= 4 is 28.7 Å². The lowest BCUT2D eigenvalue weighted by Gasteiger charge is -2.17. The smallest absolute Gasteiger partial charge is 0.320 e. The maximum Gasteiger partial charge on any atom is 0.320 e. The first-order chi connectivity index (χ1) is 14.4. The van der Waals surface area contributed by atoms with Crippen molar-refractivity contribution in [1.82, 2.24) is 4.98 Å². The third-order valence-electron chi connectivity index (χ3n) is 3.88. The first-order valence-corrected chi connectivity index (χ1v) is 8.36. The number of non-ortho nitro benzene ring substituents is 1. The van der Waals surface area contributed by atoms with Gasteiger partial charge in [0, 0.05) is 6.07 Å². The summed E-state index contributed by atoms with van der Waals surface area (Å²) >= 11 is 0. The van der Waals surface area contributed by atoms with Crippen LogP contribution in [0, 0.1) is 40.5 Å². The number of nitro groups is 4. The Labute approximate surface area is 171 Å². The van der Waals surface area contributed by atoms with Crippen molar-refractivity contribution in [1.29, 1.82) is 0 Å². The highest BCUT2D eigenvalue weighted by atomic mass is 16.6. The van der Waals surface area contributed by atoms with E-state index < -0.39 is 71.7 Å². The molecule has 0 N–H and O–H groups in total. The van der Waals surface area contributed by atoms with Gasteiger partial charge in [0.15, 0.2) is 0 Å². The first-order valence-electron chi connectivity index (χ1n) is 8.36. The molecular formula is C16H13N5O10. The van der Waals surface area contributed by atoms with Crippen LogP contribution in [0.3, 0.4) is 0 Å². The summed E-state index contributed by atoms with van der Waals surface area (Å²) in [5.41, 5.74) is -4.35. The number of nitro benzene ring substituents is 2. The van der Waals surface area contributed by atoms with E-state index in [1.165, 1.54) is 13.8 Å². The zero-order valence-corrected chi connectivity index (χ0v) is 15.9. The number of hydrogen-bond donors (Lipinski definition) is 0. The highest BCUT2D eigenvalue weighted by Gasteiger charge is 2.39. The third-order valence-corrected chi connectivity index (χ3v) is 3.88. The van der Waals surface area contributed by atoms with Gasteiger partial charge in [0.05, 0.1) is 43.5 Å². The van der Waals surface area contributed by atoms with Crippen molar-refractivity contribution in [3.63, 3.8) is 0 Å². The molecule has 1 heterocycles. The summed E-state index contributed by atoms with van der Waals surface area (Å²) in [5, 5.41) is 45.0. The molecule has 15 heteroatoms. The quantitative estimate of drug-likeness (QED) is 0.334. The predicted molar refractivity (Wildman–Crippen MR) is 100 cm³/mol. The van der Waals surface area contributed by atoms with Gasteiger partial charge in [-0.05, 0) is 19.9 Å². The Kier molecular flexibility index (Phi) is 6.49. The molecule has 2 aromatic rings. The van der Waals surface area contributed by atoms with Crippen LogP contribution in [-0.4, -0.2) is 36.8 Å². The molecule has 1 aromatic heterocycles. The fourth-order valence-corrected chi connectivity index (χ4v) is 2.66. The molecule has 0 aliphatic carbocycles. The van der Waals surface area contributed by atoms with E-state index in [1.807, 2.05) is 0 Å². The number of pyridine rings is 1. The van der Waals surface area contributed by atoms with Crippen molar-refractivity contribution in [3.05, 3.63) is 82.2 Å². The Hall–Kier alpha value is -4.56. The number of rotatable bonds is 8. The Morgan fingerprint density at radius 3 is 1.90 bits per heavy atom. The van der Waals surface area contributed by atoms with Crippen LogP contribution >= 0.6 is 0 Å². The molecule has 0 fully saturated rings. The molecule has 1 unspecified atom stereocenters. The van der Waals surface area contributed by atoms with Crippen molar-refractivity contribution in [2.24, 2.45) is 0 Å². The molecular weight excluding hydrogens is 422 g/mol. The predicted octanol–water partition coefficient (Wildman–Crippen LogP) is 2.80. The molecule has 0 aliphatic heterocycles. The number of hydrogen-bond acceptors (Lipinski definition) is 11. The monoisotopic (exact) mass is 435 g/mol. The molecule has 0 saturated carbocycles. The van der Waals surface area contributed by atoms with Crippen LogP contribution in [0.15, 0.2) is 30.5 Å². The number of benzene rings is 1. The number of carbonyl (C=O) groups is 1. The van der Waals surface area contributed by atoms with E-state index in [9.17, 15) is 45.3 Å². The van der Waals surface area contributed by atoms with E-state index in [-0.39, 0.29) is 0 Å². The van der Waals surface area contributed by atoms with E-state index >= 15 is 0 Å². The molecule has 1 atom stereocenters. The van der Waals surface area contributed by atoms with Crippen LogP contribution in [0.1, 0.15) is 31.0 Å². The second kappa shape index (κ2) is 8.85. The normalized spacial score (nSPS) is 11.6. The summed E-state index contributed by atoms with van der Waals surface area (Å²) in [6.45, 7) is 2.91. The fraction of sp³-hybridized carbons (Fsp3) is 0.250. The second-order valence-electron chi connectivity index (χ2n) is 6.29. The minimum Gasteiger partial charge on any atom is -0.462 e. The van der Waals surface area contributed by atoms with Crippen LogP contribution < -0.4 is 0 Å². The fourth-order valence-electron chi connectivity index (χ4n) is 2.66. The van der Waals surface area contributed by atoms with E-state index in [0.29, 0.717) is 18.3 Å². The summed E-state index contributed by atoms with van der Waals surface area (Å²) in [6.07, 6.45) is -0.0842. The van der Waals surface area contributed by atoms with Gasteiger partial charge in [-0.1, -0.05) is 0 Å².